The Morgan fingerprint density at radius 2 is 1.65 bits per heavy atom. The summed E-state index contributed by atoms with van der Waals surface area (Å²) in [6, 6.07) is 17.9. The molecule has 31 heavy (non-hydrogen) atoms. The van der Waals surface area contributed by atoms with E-state index in [4.69, 9.17) is 13.9 Å². The van der Waals surface area contributed by atoms with Crippen molar-refractivity contribution in [3.05, 3.63) is 88.0 Å². The van der Waals surface area contributed by atoms with Gasteiger partial charge in [0.2, 0.25) is 5.78 Å². The van der Waals surface area contributed by atoms with Crippen LogP contribution in [0.4, 0.5) is 0 Å². The molecule has 0 atom stereocenters. The summed E-state index contributed by atoms with van der Waals surface area (Å²) in [5.74, 6) is 1.15. The first kappa shape index (κ1) is 20.5. The highest BCUT2D eigenvalue weighted by Crippen LogP contribution is 2.24. The van der Waals surface area contributed by atoms with Crippen molar-refractivity contribution in [2.24, 2.45) is 0 Å². The van der Waals surface area contributed by atoms with Crippen LogP contribution in [0.3, 0.4) is 0 Å². The number of ether oxygens (including phenoxy) is 2. The zero-order chi connectivity index (χ0) is 22.0. The van der Waals surface area contributed by atoms with Gasteiger partial charge in [0.1, 0.15) is 17.1 Å². The topological polar surface area (TPSA) is 70.7 Å². The Morgan fingerprint density at radius 3 is 2.39 bits per heavy atom. The molecule has 0 spiro atoms. The average Bonchev–Trinajstić information content (AvgIpc) is 3.06. The van der Waals surface area contributed by atoms with Gasteiger partial charge < -0.3 is 18.5 Å². The molecule has 4 aromatic rings. The fourth-order valence-electron chi connectivity index (χ4n) is 3.66. The number of aryl methyl sites for hydroxylation is 1. The van der Waals surface area contributed by atoms with Crippen molar-refractivity contribution in [2.45, 2.75) is 20.8 Å². The van der Waals surface area contributed by atoms with Gasteiger partial charge in [0.25, 0.3) is 0 Å². The number of carbonyl (C=O) groups excluding carboxylic acids is 1. The van der Waals surface area contributed by atoms with Gasteiger partial charge in [0.05, 0.1) is 6.61 Å². The second-order valence-electron chi connectivity index (χ2n) is 7.21. The molecule has 0 aliphatic rings. The number of hydrogen-bond acceptors (Lipinski definition) is 5. The number of fused-ring (bicyclic) bond motifs is 1. The van der Waals surface area contributed by atoms with Crippen LogP contribution in [0.5, 0.6) is 11.5 Å². The number of carbonyl (C=O) groups is 1. The molecule has 0 bridgehead atoms. The molecular formula is C25H23NO5. The zero-order valence-corrected chi connectivity index (χ0v) is 17.7. The van der Waals surface area contributed by atoms with Crippen molar-refractivity contribution >= 4 is 16.8 Å². The maximum absolute atomic E-state index is 12.9. The van der Waals surface area contributed by atoms with Crippen LogP contribution in [-0.2, 0) is 0 Å². The number of ketones is 1. The highest BCUT2D eigenvalue weighted by Gasteiger charge is 2.17. The van der Waals surface area contributed by atoms with Crippen LogP contribution >= 0.6 is 0 Å². The molecule has 0 fully saturated rings. The summed E-state index contributed by atoms with van der Waals surface area (Å²) in [6.07, 6.45) is 0. The molecule has 0 aliphatic carbocycles. The van der Waals surface area contributed by atoms with Gasteiger partial charge in [-0.05, 0) is 69.3 Å². The third kappa shape index (κ3) is 4.23. The minimum atomic E-state index is -0.428. The van der Waals surface area contributed by atoms with E-state index in [0.717, 1.165) is 28.2 Å². The van der Waals surface area contributed by atoms with Gasteiger partial charge in [0, 0.05) is 40.2 Å². The van der Waals surface area contributed by atoms with E-state index in [9.17, 15) is 9.59 Å². The second kappa shape index (κ2) is 8.52. The first-order valence-electron chi connectivity index (χ1n) is 10.1. The Labute approximate surface area is 179 Å². The van der Waals surface area contributed by atoms with Crippen LogP contribution in [0.25, 0.3) is 16.7 Å². The summed E-state index contributed by atoms with van der Waals surface area (Å²) in [4.78, 5) is 24.3. The SMILES string of the molecule is CCOc1ccc(-n2c(C)cc(C(=O)COc3ccc4ccc(=O)oc4c3)c2C)cc1. The van der Waals surface area contributed by atoms with E-state index in [1.165, 1.54) is 6.07 Å². The summed E-state index contributed by atoms with van der Waals surface area (Å²) in [6.45, 7) is 6.33. The Kier molecular flexibility index (Phi) is 5.62. The van der Waals surface area contributed by atoms with Crippen LogP contribution in [-0.4, -0.2) is 23.6 Å². The first-order chi connectivity index (χ1) is 15.0. The Morgan fingerprint density at radius 1 is 0.935 bits per heavy atom. The van der Waals surface area contributed by atoms with E-state index < -0.39 is 5.63 Å². The molecule has 0 saturated heterocycles. The van der Waals surface area contributed by atoms with Gasteiger partial charge in [-0.15, -0.1) is 0 Å². The fraction of sp³-hybridized carbons (Fsp3) is 0.200. The molecule has 158 valence electrons. The van der Waals surface area contributed by atoms with Gasteiger partial charge in [0.15, 0.2) is 6.61 Å². The third-order valence-corrected chi connectivity index (χ3v) is 5.10. The molecule has 2 heterocycles. The lowest BCUT2D eigenvalue weighted by Gasteiger charge is -2.11. The highest BCUT2D eigenvalue weighted by atomic mass is 16.5. The fourth-order valence-corrected chi connectivity index (χ4v) is 3.66. The van der Waals surface area contributed by atoms with Crippen molar-refractivity contribution in [2.75, 3.05) is 13.2 Å². The average molecular weight is 417 g/mol. The molecular weight excluding hydrogens is 394 g/mol. The quantitative estimate of drug-likeness (QED) is 0.317. The van der Waals surface area contributed by atoms with Gasteiger partial charge in [-0.1, -0.05) is 0 Å². The second-order valence-corrected chi connectivity index (χ2v) is 7.21. The molecule has 0 N–H and O–H groups in total. The standard InChI is InChI=1S/C25H23NO5/c1-4-29-20-10-7-19(8-11-20)26-16(2)13-22(17(26)3)23(27)15-30-21-9-5-18-6-12-25(28)31-24(18)14-21/h5-14H,4,15H2,1-3H3. The number of aromatic nitrogens is 1. The van der Waals surface area contributed by atoms with Crippen LogP contribution in [0.1, 0.15) is 28.7 Å². The van der Waals surface area contributed by atoms with Crippen molar-refractivity contribution in [1.82, 2.24) is 4.57 Å². The maximum atomic E-state index is 12.9. The van der Waals surface area contributed by atoms with Crippen LogP contribution in [0.15, 0.2) is 69.9 Å². The Balaban J connectivity index is 1.53. The van der Waals surface area contributed by atoms with Gasteiger partial charge in [-0.25, -0.2) is 4.79 Å². The Bertz CT molecular complexity index is 1300. The molecule has 0 amide bonds. The van der Waals surface area contributed by atoms with Crippen molar-refractivity contribution in [3.8, 4) is 17.2 Å². The van der Waals surface area contributed by atoms with Gasteiger partial charge >= 0.3 is 5.63 Å². The summed E-state index contributed by atoms with van der Waals surface area (Å²) >= 11 is 0. The number of hydrogen-bond donors (Lipinski definition) is 0. The largest absolute Gasteiger partial charge is 0.494 e. The van der Waals surface area contributed by atoms with E-state index in [2.05, 4.69) is 0 Å². The van der Waals surface area contributed by atoms with E-state index in [0.29, 0.717) is 23.5 Å². The highest BCUT2D eigenvalue weighted by molar-refractivity contribution is 5.98. The molecule has 0 unspecified atom stereocenters. The molecule has 0 saturated carbocycles. The monoisotopic (exact) mass is 417 g/mol. The zero-order valence-electron chi connectivity index (χ0n) is 17.7. The summed E-state index contributed by atoms with van der Waals surface area (Å²) in [7, 11) is 0. The van der Waals surface area contributed by atoms with E-state index in [1.807, 2.05) is 55.7 Å². The van der Waals surface area contributed by atoms with Crippen molar-refractivity contribution < 1.29 is 18.7 Å². The minimum absolute atomic E-state index is 0.115. The predicted octanol–water partition coefficient (Wildman–Crippen LogP) is 4.86. The number of nitrogens with zero attached hydrogens (tertiary/aromatic N) is 1. The molecule has 6 heteroatoms. The maximum Gasteiger partial charge on any atom is 0.336 e. The summed E-state index contributed by atoms with van der Waals surface area (Å²) in [5, 5.41) is 0.789. The lowest BCUT2D eigenvalue weighted by Crippen LogP contribution is -2.12. The lowest BCUT2D eigenvalue weighted by molar-refractivity contribution is 0.0921. The van der Waals surface area contributed by atoms with Gasteiger partial charge in [-0.3, -0.25) is 4.79 Å². The van der Waals surface area contributed by atoms with Crippen LogP contribution in [0, 0.1) is 13.8 Å². The van der Waals surface area contributed by atoms with E-state index in [-0.39, 0.29) is 12.4 Å². The molecule has 6 nitrogen and oxygen atoms in total. The number of Topliss-reactive ketones (excluding diaryl/α,β-unsaturated/α-hetero) is 1. The normalized spacial score (nSPS) is 10.9. The smallest absolute Gasteiger partial charge is 0.336 e. The predicted molar refractivity (Wildman–Crippen MR) is 119 cm³/mol. The lowest BCUT2D eigenvalue weighted by atomic mass is 10.1. The van der Waals surface area contributed by atoms with E-state index in [1.54, 1.807) is 24.3 Å². The molecule has 0 aliphatic heterocycles. The van der Waals surface area contributed by atoms with Gasteiger partial charge in [-0.2, -0.15) is 0 Å². The molecule has 4 rings (SSSR count). The van der Waals surface area contributed by atoms with E-state index >= 15 is 0 Å². The van der Waals surface area contributed by atoms with Crippen molar-refractivity contribution in [1.29, 1.82) is 0 Å². The minimum Gasteiger partial charge on any atom is -0.494 e. The number of benzene rings is 2. The van der Waals surface area contributed by atoms with Crippen LogP contribution in [0.2, 0.25) is 0 Å². The number of rotatable bonds is 7. The summed E-state index contributed by atoms with van der Waals surface area (Å²) in [5.41, 5.74) is 3.37. The van der Waals surface area contributed by atoms with Crippen LogP contribution < -0.4 is 15.1 Å². The summed E-state index contributed by atoms with van der Waals surface area (Å²) < 4.78 is 18.4. The Hall–Kier alpha value is -3.80. The van der Waals surface area contributed by atoms with Crippen molar-refractivity contribution in [3.63, 3.8) is 0 Å². The molecule has 2 aromatic heterocycles. The molecule has 0 radical (unpaired) electrons. The molecule has 2 aromatic carbocycles. The third-order valence-electron chi connectivity index (χ3n) is 5.10. The first-order valence-corrected chi connectivity index (χ1v) is 10.1.